The van der Waals surface area contributed by atoms with Crippen LogP contribution in [0.3, 0.4) is 0 Å². The van der Waals surface area contributed by atoms with Gasteiger partial charge in [0.15, 0.2) is 11.0 Å². The molecule has 0 spiro atoms. The van der Waals surface area contributed by atoms with Gasteiger partial charge in [-0.05, 0) is 43.5 Å². The Morgan fingerprint density at radius 3 is 2.55 bits per heavy atom. The van der Waals surface area contributed by atoms with E-state index in [1.54, 1.807) is 0 Å². The van der Waals surface area contributed by atoms with E-state index < -0.39 is 5.82 Å². The first kappa shape index (κ1) is 27.3. The van der Waals surface area contributed by atoms with E-state index in [0.717, 1.165) is 5.69 Å². The Morgan fingerprint density at radius 2 is 1.94 bits per heavy atom. The van der Waals surface area contributed by atoms with Gasteiger partial charge in [0.25, 0.3) is 0 Å². The maximum absolute atomic E-state index is 14.4. The fraction of sp³-hybridized carbons (Fsp3) is 0.417. The number of carbonyl (C=O) groups is 1. The average Bonchev–Trinajstić information content (AvgIpc) is 3.05. The van der Waals surface area contributed by atoms with Crippen LogP contribution in [0.4, 0.5) is 15.8 Å². The van der Waals surface area contributed by atoms with Crippen molar-refractivity contribution in [3.05, 3.63) is 52.8 Å². The van der Waals surface area contributed by atoms with Gasteiger partial charge in [-0.3, -0.25) is 4.79 Å². The second-order valence-electron chi connectivity index (χ2n) is 8.40. The van der Waals surface area contributed by atoms with Crippen LogP contribution in [0.15, 0.2) is 41.4 Å². The number of amides is 1. The molecule has 0 bridgehead atoms. The molecule has 1 atom stereocenters. The number of aliphatic imine (C=N–C) groups is 1. The predicted octanol–water partition coefficient (Wildman–Crippen LogP) is 6.88. The molecule has 9 heteroatoms. The number of halogens is 3. The Bertz CT molecular complexity index is 1000. The first-order valence-electron chi connectivity index (χ1n) is 10.6. The molecule has 1 aliphatic heterocycles. The molecule has 5 nitrogen and oxygen atoms in total. The van der Waals surface area contributed by atoms with Crippen LogP contribution in [0.1, 0.15) is 45.6 Å². The summed E-state index contributed by atoms with van der Waals surface area (Å²) in [6.07, 6.45) is 0.227. The van der Waals surface area contributed by atoms with Crippen molar-refractivity contribution >= 4 is 58.2 Å². The van der Waals surface area contributed by atoms with Gasteiger partial charge in [-0.2, -0.15) is 0 Å². The molecular formula is C24H30Cl2FN3O2S. The Morgan fingerprint density at radius 1 is 1.27 bits per heavy atom. The fourth-order valence-corrected chi connectivity index (χ4v) is 4.67. The minimum Gasteiger partial charge on any atom is -0.489 e. The van der Waals surface area contributed by atoms with Crippen molar-refractivity contribution in [2.24, 2.45) is 4.99 Å². The van der Waals surface area contributed by atoms with Gasteiger partial charge in [-0.1, -0.05) is 49.3 Å². The zero-order chi connectivity index (χ0) is 23.4. The Balaban J connectivity index is 0.00000385. The number of carbonyl (C=O) groups excluding carboxylic acids is 1. The maximum Gasteiger partial charge on any atom is 0.226 e. The smallest absolute Gasteiger partial charge is 0.226 e. The van der Waals surface area contributed by atoms with Crippen LogP contribution in [0.25, 0.3) is 0 Å². The highest BCUT2D eigenvalue weighted by atomic mass is 35.5. The highest BCUT2D eigenvalue weighted by Gasteiger charge is 2.29. The number of benzene rings is 2. The molecule has 0 saturated carbocycles. The first-order valence-corrected chi connectivity index (χ1v) is 12.0. The summed E-state index contributed by atoms with van der Waals surface area (Å²) in [5.41, 5.74) is 2.17. The van der Waals surface area contributed by atoms with Gasteiger partial charge in [-0.15, -0.1) is 12.4 Å². The van der Waals surface area contributed by atoms with Crippen molar-refractivity contribution in [3.8, 4) is 5.75 Å². The van der Waals surface area contributed by atoms with Gasteiger partial charge in [0.2, 0.25) is 5.91 Å². The number of hydrogen-bond donors (Lipinski definition) is 1. The standard InChI is InChI=1S/C24H29ClFN3O2S.ClH/c1-14(2)16-6-8-17(9-7-16)27-23(30)10-18-13-32-24(29(18)5)28-21-12-22(31-15(3)4)19(25)11-20(21)26;/h6-9,11-12,14-15,18H,10,13H2,1-5H3,(H,27,30);1H. The van der Waals surface area contributed by atoms with Gasteiger partial charge in [-0.25, -0.2) is 9.38 Å². The summed E-state index contributed by atoms with van der Waals surface area (Å²) in [7, 11) is 1.87. The van der Waals surface area contributed by atoms with Crippen molar-refractivity contribution in [2.45, 2.75) is 52.2 Å². The second kappa shape index (κ2) is 12.0. The molecule has 0 radical (unpaired) electrons. The monoisotopic (exact) mass is 513 g/mol. The van der Waals surface area contributed by atoms with Crippen molar-refractivity contribution in [3.63, 3.8) is 0 Å². The molecule has 2 aromatic carbocycles. The molecule has 3 rings (SSSR count). The molecule has 1 saturated heterocycles. The normalized spacial score (nSPS) is 16.9. The van der Waals surface area contributed by atoms with Gasteiger partial charge in [0.05, 0.1) is 11.1 Å². The molecule has 0 aliphatic carbocycles. The zero-order valence-corrected chi connectivity index (χ0v) is 21.8. The third-order valence-corrected chi connectivity index (χ3v) is 6.60. The minimum atomic E-state index is -0.515. The molecule has 1 unspecified atom stereocenters. The predicted molar refractivity (Wildman–Crippen MR) is 139 cm³/mol. The maximum atomic E-state index is 14.4. The van der Waals surface area contributed by atoms with E-state index in [9.17, 15) is 9.18 Å². The number of anilines is 1. The largest absolute Gasteiger partial charge is 0.489 e. The summed E-state index contributed by atoms with van der Waals surface area (Å²) in [5, 5.41) is 3.82. The fourth-order valence-electron chi connectivity index (χ4n) is 3.28. The molecular weight excluding hydrogens is 484 g/mol. The molecule has 33 heavy (non-hydrogen) atoms. The van der Waals surface area contributed by atoms with E-state index >= 15 is 0 Å². The van der Waals surface area contributed by atoms with Crippen LogP contribution < -0.4 is 10.1 Å². The third-order valence-electron chi connectivity index (χ3n) is 5.12. The van der Waals surface area contributed by atoms with Crippen LogP contribution in [0.2, 0.25) is 5.02 Å². The van der Waals surface area contributed by atoms with Crippen molar-refractivity contribution in [2.75, 3.05) is 18.1 Å². The molecule has 1 amide bonds. The van der Waals surface area contributed by atoms with Crippen molar-refractivity contribution < 1.29 is 13.9 Å². The van der Waals surface area contributed by atoms with Crippen LogP contribution in [-0.2, 0) is 4.79 Å². The SMILES string of the molecule is CC(C)Oc1cc(N=C2SCC(CC(=O)Nc3ccc(C(C)C)cc3)N2C)c(F)cc1Cl.Cl. The molecule has 1 aliphatic rings. The van der Waals surface area contributed by atoms with E-state index in [4.69, 9.17) is 16.3 Å². The van der Waals surface area contributed by atoms with Crippen LogP contribution in [0.5, 0.6) is 5.75 Å². The van der Waals surface area contributed by atoms with Gasteiger partial charge < -0.3 is 15.0 Å². The molecule has 1 N–H and O–H groups in total. The summed E-state index contributed by atoms with van der Waals surface area (Å²) in [5.74, 6) is 0.956. The lowest BCUT2D eigenvalue weighted by atomic mass is 10.0. The van der Waals surface area contributed by atoms with Crippen LogP contribution >= 0.6 is 35.8 Å². The van der Waals surface area contributed by atoms with Crippen LogP contribution in [0, 0.1) is 5.82 Å². The second-order valence-corrected chi connectivity index (χ2v) is 9.79. The number of nitrogens with zero attached hydrogens (tertiary/aromatic N) is 2. The lowest BCUT2D eigenvalue weighted by molar-refractivity contribution is -0.116. The Kier molecular flexibility index (Phi) is 9.88. The van der Waals surface area contributed by atoms with E-state index in [1.807, 2.05) is 50.1 Å². The molecule has 1 fully saturated rings. The Hall–Kier alpha value is -1.96. The van der Waals surface area contributed by atoms with Crippen molar-refractivity contribution in [1.29, 1.82) is 0 Å². The molecule has 1 heterocycles. The topological polar surface area (TPSA) is 53.9 Å². The van der Waals surface area contributed by atoms with E-state index in [2.05, 4.69) is 24.2 Å². The number of nitrogens with one attached hydrogen (secondary N) is 1. The first-order chi connectivity index (χ1) is 15.1. The van der Waals surface area contributed by atoms with E-state index in [-0.39, 0.29) is 41.2 Å². The number of thioether (sulfide) groups is 1. The molecule has 2 aromatic rings. The zero-order valence-electron chi connectivity index (χ0n) is 19.4. The summed E-state index contributed by atoms with van der Waals surface area (Å²) < 4.78 is 20.1. The number of amidine groups is 1. The number of ether oxygens (including phenoxy) is 1. The lowest BCUT2D eigenvalue weighted by Crippen LogP contribution is -2.33. The summed E-state index contributed by atoms with van der Waals surface area (Å²) in [4.78, 5) is 19.0. The number of hydrogen-bond acceptors (Lipinski definition) is 4. The quantitative estimate of drug-likeness (QED) is 0.438. The summed E-state index contributed by atoms with van der Waals surface area (Å²) >= 11 is 7.58. The Labute approximate surface area is 210 Å². The number of rotatable bonds is 7. The van der Waals surface area contributed by atoms with Gasteiger partial charge >= 0.3 is 0 Å². The highest BCUT2D eigenvalue weighted by molar-refractivity contribution is 8.14. The van der Waals surface area contributed by atoms with Gasteiger partial charge in [0.1, 0.15) is 11.4 Å². The molecule has 0 aromatic heterocycles. The average molecular weight is 514 g/mol. The lowest BCUT2D eigenvalue weighted by Gasteiger charge is -2.20. The highest BCUT2D eigenvalue weighted by Crippen LogP contribution is 2.35. The summed E-state index contributed by atoms with van der Waals surface area (Å²) in [6, 6.07) is 10.6. The minimum absolute atomic E-state index is 0. The van der Waals surface area contributed by atoms with E-state index in [1.165, 1.54) is 29.5 Å². The van der Waals surface area contributed by atoms with Crippen molar-refractivity contribution in [1.82, 2.24) is 4.90 Å². The van der Waals surface area contributed by atoms with Gasteiger partial charge in [0, 0.05) is 37.0 Å². The van der Waals surface area contributed by atoms with Crippen LogP contribution in [-0.4, -0.2) is 40.9 Å². The van der Waals surface area contributed by atoms with E-state index in [0.29, 0.717) is 29.0 Å². The summed E-state index contributed by atoms with van der Waals surface area (Å²) in [6.45, 7) is 8.02. The third kappa shape index (κ3) is 7.26. The molecule has 180 valence electrons.